The van der Waals surface area contributed by atoms with E-state index in [0.29, 0.717) is 12.4 Å². The molecular weight excluding hydrogens is 376 g/mol. The predicted octanol–water partition coefficient (Wildman–Crippen LogP) is 6.08. The van der Waals surface area contributed by atoms with Gasteiger partial charge in [-0.3, -0.25) is 0 Å². The SMILES string of the molecule is CCCCOCCCCOc1ccc(-c2ncc(OCCCCC3CC3)cn2)cc1. The van der Waals surface area contributed by atoms with Crippen molar-refractivity contribution in [1.82, 2.24) is 9.97 Å². The van der Waals surface area contributed by atoms with Crippen LogP contribution in [-0.2, 0) is 4.74 Å². The molecule has 0 radical (unpaired) electrons. The standard InChI is InChI=1S/C25H36N2O3/c1-2-3-15-28-16-6-7-18-29-23-13-11-22(12-14-23)25-26-19-24(20-27-25)30-17-5-4-8-21-9-10-21/h11-14,19-21H,2-10,15-18H2,1H3. The Morgan fingerprint density at radius 1 is 0.767 bits per heavy atom. The summed E-state index contributed by atoms with van der Waals surface area (Å²) >= 11 is 0. The van der Waals surface area contributed by atoms with E-state index >= 15 is 0 Å². The van der Waals surface area contributed by atoms with Crippen molar-refractivity contribution < 1.29 is 14.2 Å². The maximum absolute atomic E-state index is 5.81. The Morgan fingerprint density at radius 2 is 1.40 bits per heavy atom. The molecule has 0 atom stereocenters. The van der Waals surface area contributed by atoms with Crippen LogP contribution >= 0.6 is 0 Å². The fourth-order valence-electron chi connectivity index (χ4n) is 3.22. The number of benzene rings is 1. The van der Waals surface area contributed by atoms with Gasteiger partial charge in [0.25, 0.3) is 0 Å². The summed E-state index contributed by atoms with van der Waals surface area (Å²) < 4.78 is 17.1. The maximum atomic E-state index is 5.81. The number of unbranched alkanes of at least 4 members (excludes halogenated alkanes) is 3. The average molecular weight is 413 g/mol. The Labute approximate surface area is 181 Å². The molecule has 5 nitrogen and oxygen atoms in total. The highest BCUT2D eigenvalue weighted by Gasteiger charge is 2.19. The molecule has 1 aromatic heterocycles. The topological polar surface area (TPSA) is 53.5 Å². The summed E-state index contributed by atoms with van der Waals surface area (Å²) in [6.07, 6.45) is 14.4. The summed E-state index contributed by atoms with van der Waals surface area (Å²) in [6, 6.07) is 7.94. The highest BCUT2D eigenvalue weighted by molar-refractivity contribution is 5.56. The van der Waals surface area contributed by atoms with Gasteiger partial charge in [-0.2, -0.15) is 0 Å². The van der Waals surface area contributed by atoms with Crippen LogP contribution in [0.3, 0.4) is 0 Å². The molecule has 1 aliphatic carbocycles. The quantitative estimate of drug-likeness (QED) is 0.313. The van der Waals surface area contributed by atoms with Gasteiger partial charge in [0.2, 0.25) is 0 Å². The normalized spacial score (nSPS) is 13.4. The van der Waals surface area contributed by atoms with Gasteiger partial charge in [-0.15, -0.1) is 0 Å². The fraction of sp³-hybridized carbons (Fsp3) is 0.600. The van der Waals surface area contributed by atoms with Gasteiger partial charge in [0.05, 0.1) is 25.6 Å². The van der Waals surface area contributed by atoms with Crippen molar-refractivity contribution in [2.45, 2.75) is 64.7 Å². The van der Waals surface area contributed by atoms with E-state index in [0.717, 1.165) is 68.5 Å². The molecule has 0 aliphatic heterocycles. The van der Waals surface area contributed by atoms with E-state index in [2.05, 4.69) is 16.9 Å². The Bertz CT molecular complexity index is 699. The number of hydrogen-bond acceptors (Lipinski definition) is 5. The first-order chi connectivity index (χ1) is 14.8. The number of nitrogens with zero attached hydrogens (tertiary/aromatic N) is 2. The van der Waals surface area contributed by atoms with Crippen LogP contribution in [0.1, 0.15) is 64.7 Å². The first kappa shape index (κ1) is 22.5. The van der Waals surface area contributed by atoms with Gasteiger partial charge in [-0.05, 0) is 62.3 Å². The summed E-state index contributed by atoms with van der Waals surface area (Å²) in [5, 5.41) is 0. The first-order valence-electron chi connectivity index (χ1n) is 11.6. The van der Waals surface area contributed by atoms with E-state index in [1.54, 1.807) is 12.4 Å². The monoisotopic (exact) mass is 412 g/mol. The molecule has 164 valence electrons. The van der Waals surface area contributed by atoms with Crippen LogP contribution < -0.4 is 9.47 Å². The lowest BCUT2D eigenvalue weighted by Gasteiger charge is -2.08. The zero-order valence-corrected chi connectivity index (χ0v) is 18.4. The molecule has 1 saturated carbocycles. The largest absolute Gasteiger partial charge is 0.494 e. The van der Waals surface area contributed by atoms with Gasteiger partial charge in [0.15, 0.2) is 11.6 Å². The van der Waals surface area contributed by atoms with Gasteiger partial charge in [-0.1, -0.05) is 32.6 Å². The third-order valence-electron chi connectivity index (χ3n) is 5.31. The van der Waals surface area contributed by atoms with Crippen LogP contribution in [0, 0.1) is 5.92 Å². The summed E-state index contributed by atoms with van der Waals surface area (Å²) in [4.78, 5) is 8.88. The minimum Gasteiger partial charge on any atom is -0.494 e. The van der Waals surface area contributed by atoms with E-state index in [1.165, 1.54) is 32.1 Å². The molecule has 1 fully saturated rings. The van der Waals surface area contributed by atoms with E-state index in [4.69, 9.17) is 14.2 Å². The first-order valence-corrected chi connectivity index (χ1v) is 11.6. The lowest BCUT2D eigenvalue weighted by Crippen LogP contribution is -2.01. The second kappa shape index (κ2) is 13.2. The summed E-state index contributed by atoms with van der Waals surface area (Å²) in [5.74, 6) is 3.31. The number of rotatable bonds is 16. The fourth-order valence-corrected chi connectivity index (χ4v) is 3.22. The number of aromatic nitrogens is 2. The van der Waals surface area contributed by atoms with Crippen LogP contribution in [-0.4, -0.2) is 36.4 Å². The van der Waals surface area contributed by atoms with Crippen LogP contribution in [0.4, 0.5) is 0 Å². The zero-order chi connectivity index (χ0) is 20.9. The second-order valence-corrected chi connectivity index (χ2v) is 8.08. The Kier molecular flexibility index (Phi) is 9.93. The van der Waals surface area contributed by atoms with E-state index in [-0.39, 0.29) is 0 Å². The van der Waals surface area contributed by atoms with Crippen molar-refractivity contribution in [3.8, 4) is 22.9 Å². The van der Waals surface area contributed by atoms with Crippen LogP contribution in [0.5, 0.6) is 11.5 Å². The lowest BCUT2D eigenvalue weighted by atomic mass is 10.2. The van der Waals surface area contributed by atoms with Gasteiger partial charge in [-0.25, -0.2) is 9.97 Å². The zero-order valence-electron chi connectivity index (χ0n) is 18.4. The maximum Gasteiger partial charge on any atom is 0.159 e. The van der Waals surface area contributed by atoms with Crippen molar-refractivity contribution in [2.75, 3.05) is 26.4 Å². The molecule has 3 rings (SSSR count). The molecular formula is C25H36N2O3. The third kappa shape index (κ3) is 8.70. The number of ether oxygens (including phenoxy) is 3. The molecule has 30 heavy (non-hydrogen) atoms. The molecule has 0 N–H and O–H groups in total. The van der Waals surface area contributed by atoms with Crippen LogP contribution in [0.25, 0.3) is 11.4 Å². The van der Waals surface area contributed by atoms with Gasteiger partial charge in [0, 0.05) is 18.8 Å². The highest BCUT2D eigenvalue weighted by Crippen LogP contribution is 2.33. The lowest BCUT2D eigenvalue weighted by molar-refractivity contribution is 0.123. The molecule has 0 amide bonds. The average Bonchev–Trinajstić information content (AvgIpc) is 3.61. The van der Waals surface area contributed by atoms with Crippen molar-refractivity contribution in [2.24, 2.45) is 5.92 Å². The molecule has 1 aromatic carbocycles. The Hall–Kier alpha value is -2.14. The Morgan fingerprint density at radius 3 is 2.10 bits per heavy atom. The molecule has 5 heteroatoms. The Balaban J connectivity index is 1.31. The molecule has 0 saturated heterocycles. The third-order valence-corrected chi connectivity index (χ3v) is 5.31. The summed E-state index contributed by atoms with van der Waals surface area (Å²) in [7, 11) is 0. The minimum absolute atomic E-state index is 0.701. The predicted molar refractivity (Wildman–Crippen MR) is 120 cm³/mol. The molecule has 0 bridgehead atoms. The molecule has 0 spiro atoms. The van der Waals surface area contributed by atoms with E-state index < -0.39 is 0 Å². The smallest absolute Gasteiger partial charge is 0.159 e. The highest BCUT2D eigenvalue weighted by atomic mass is 16.5. The van der Waals surface area contributed by atoms with Gasteiger partial charge >= 0.3 is 0 Å². The van der Waals surface area contributed by atoms with Crippen molar-refractivity contribution in [3.05, 3.63) is 36.7 Å². The second-order valence-electron chi connectivity index (χ2n) is 8.08. The summed E-state index contributed by atoms with van der Waals surface area (Å²) in [6.45, 7) is 5.32. The van der Waals surface area contributed by atoms with Crippen LogP contribution in [0.15, 0.2) is 36.7 Å². The summed E-state index contributed by atoms with van der Waals surface area (Å²) in [5.41, 5.74) is 0.975. The van der Waals surface area contributed by atoms with Gasteiger partial charge in [0.1, 0.15) is 5.75 Å². The minimum atomic E-state index is 0.701. The van der Waals surface area contributed by atoms with E-state index in [9.17, 15) is 0 Å². The molecule has 1 aliphatic rings. The van der Waals surface area contributed by atoms with Gasteiger partial charge < -0.3 is 14.2 Å². The van der Waals surface area contributed by atoms with Crippen molar-refractivity contribution in [1.29, 1.82) is 0 Å². The van der Waals surface area contributed by atoms with E-state index in [1.807, 2.05) is 24.3 Å². The molecule has 1 heterocycles. The molecule has 2 aromatic rings. The molecule has 0 unspecified atom stereocenters. The van der Waals surface area contributed by atoms with Crippen molar-refractivity contribution in [3.63, 3.8) is 0 Å². The van der Waals surface area contributed by atoms with Crippen LogP contribution in [0.2, 0.25) is 0 Å². The number of hydrogen-bond donors (Lipinski definition) is 0. The van der Waals surface area contributed by atoms with Crippen molar-refractivity contribution >= 4 is 0 Å².